The zero-order chi connectivity index (χ0) is 19.1. The van der Waals surface area contributed by atoms with Gasteiger partial charge >= 0.3 is 0 Å². The molecule has 1 aliphatic rings. The summed E-state index contributed by atoms with van der Waals surface area (Å²) in [6.45, 7) is 4.23. The number of guanidine groups is 1. The molecule has 1 aliphatic heterocycles. The van der Waals surface area contributed by atoms with Crippen molar-refractivity contribution < 1.29 is 9.53 Å². The zero-order valence-corrected chi connectivity index (χ0v) is 19.3. The number of carbonyl (C=O) groups is 1. The first kappa shape index (κ1) is 22.4. The molecule has 0 unspecified atom stereocenters. The summed E-state index contributed by atoms with van der Waals surface area (Å²) < 4.78 is 5.47. The highest BCUT2D eigenvalue weighted by atomic mass is 127. The molecule has 3 rings (SSSR count). The third-order valence-corrected chi connectivity index (χ3v) is 5.38. The van der Waals surface area contributed by atoms with Crippen LogP contribution in [0.3, 0.4) is 0 Å². The molecule has 0 atom stereocenters. The van der Waals surface area contributed by atoms with E-state index < -0.39 is 0 Å². The highest BCUT2D eigenvalue weighted by Gasteiger charge is 2.24. The van der Waals surface area contributed by atoms with Gasteiger partial charge in [-0.2, -0.15) is 0 Å². The molecule has 1 aromatic heterocycles. The van der Waals surface area contributed by atoms with Gasteiger partial charge in [0.2, 0.25) is 0 Å². The van der Waals surface area contributed by atoms with E-state index in [1.165, 1.54) is 4.88 Å². The van der Waals surface area contributed by atoms with Gasteiger partial charge in [-0.3, -0.25) is 9.79 Å². The molecule has 0 aliphatic carbocycles. The van der Waals surface area contributed by atoms with Gasteiger partial charge in [0.1, 0.15) is 10.8 Å². The van der Waals surface area contributed by atoms with Crippen molar-refractivity contribution in [2.45, 2.75) is 26.3 Å². The van der Waals surface area contributed by atoms with E-state index in [9.17, 15) is 4.79 Å². The molecule has 7 nitrogen and oxygen atoms in total. The lowest BCUT2D eigenvalue weighted by Gasteiger charge is -2.29. The Morgan fingerprint density at radius 1 is 1.36 bits per heavy atom. The van der Waals surface area contributed by atoms with Crippen LogP contribution in [0.25, 0.3) is 0 Å². The number of nitrogens with one attached hydrogen (secondary N) is 2. The highest BCUT2D eigenvalue weighted by molar-refractivity contribution is 14.0. The fraction of sp³-hybridized carbons (Fsp3) is 0.421. The number of aliphatic imine (C=N–C) groups is 1. The second kappa shape index (κ2) is 11.2. The van der Waals surface area contributed by atoms with E-state index in [4.69, 9.17) is 4.74 Å². The average Bonchev–Trinajstić information content (AvgIpc) is 3.17. The Morgan fingerprint density at radius 3 is 2.93 bits per heavy atom. The van der Waals surface area contributed by atoms with Gasteiger partial charge in [-0.05, 0) is 25.0 Å². The van der Waals surface area contributed by atoms with Gasteiger partial charge in [0.15, 0.2) is 12.6 Å². The van der Waals surface area contributed by atoms with E-state index in [-0.39, 0.29) is 36.5 Å². The molecule has 0 radical (unpaired) electrons. The van der Waals surface area contributed by atoms with Crippen molar-refractivity contribution in [1.29, 1.82) is 0 Å². The van der Waals surface area contributed by atoms with E-state index >= 15 is 0 Å². The number of aromatic nitrogens is 1. The first-order chi connectivity index (χ1) is 13.2. The maximum atomic E-state index is 12.2. The number of thiazole rings is 1. The standard InChI is InChI=1S/C19H25N5O2S.HI/c1-3-14-11-22-17(27-14)12-23-19(20-2)21-9-6-10-24-15-7-4-5-8-16(15)26-13-18(24)25;/h4-5,7-8,11H,3,6,9-10,12-13H2,1-2H3,(H2,20,21,23);1H. The summed E-state index contributed by atoms with van der Waals surface area (Å²) in [5.41, 5.74) is 0.840. The predicted molar refractivity (Wildman–Crippen MR) is 124 cm³/mol. The third kappa shape index (κ3) is 5.81. The number of hydrogen-bond acceptors (Lipinski definition) is 5. The lowest BCUT2D eigenvalue weighted by atomic mass is 10.2. The van der Waals surface area contributed by atoms with Gasteiger partial charge in [0, 0.05) is 31.2 Å². The number of aryl methyl sites for hydroxylation is 1. The number of carbonyl (C=O) groups excluding carboxylic acids is 1. The number of amides is 1. The van der Waals surface area contributed by atoms with Gasteiger partial charge < -0.3 is 20.3 Å². The van der Waals surface area contributed by atoms with E-state index in [0.717, 1.165) is 35.2 Å². The van der Waals surface area contributed by atoms with Crippen LogP contribution >= 0.6 is 35.3 Å². The number of halogens is 1. The van der Waals surface area contributed by atoms with Crippen molar-refractivity contribution in [2.75, 3.05) is 31.6 Å². The molecule has 0 fully saturated rings. The number of anilines is 1. The third-order valence-electron chi connectivity index (χ3n) is 4.24. The largest absolute Gasteiger partial charge is 0.482 e. The van der Waals surface area contributed by atoms with Crippen molar-refractivity contribution >= 4 is 52.9 Å². The number of para-hydroxylation sites is 2. The van der Waals surface area contributed by atoms with Crippen molar-refractivity contribution in [2.24, 2.45) is 4.99 Å². The second-order valence-electron chi connectivity index (χ2n) is 6.08. The number of nitrogens with zero attached hydrogens (tertiary/aromatic N) is 3. The number of benzene rings is 1. The van der Waals surface area contributed by atoms with Crippen LogP contribution in [0, 0.1) is 0 Å². The Bertz CT molecular complexity index is 811. The minimum atomic E-state index is -0.00768. The average molecular weight is 515 g/mol. The predicted octanol–water partition coefficient (Wildman–Crippen LogP) is 2.80. The van der Waals surface area contributed by atoms with Crippen molar-refractivity contribution in [1.82, 2.24) is 15.6 Å². The van der Waals surface area contributed by atoms with Crippen LogP contribution in [0.1, 0.15) is 23.2 Å². The molecule has 0 saturated heterocycles. The molecule has 1 aromatic carbocycles. The zero-order valence-electron chi connectivity index (χ0n) is 16.1. The van der Waals surface area contributed by atoms with Gasteiger partial charge in [-0.15, -0.1) is 35.3 Å². The van der Waals surface area contributed by atoms with Crippen molar-refractivity contribution in [3.05, 3.63) is 40.3 Å². The van der Waals surface area contributed by atoms with Gasteiger partial charge in [0.25, 0.3) is 5.91 Å². The summed E-state index contributed by atoms with van der Waals surface area (Å²) >= 11 is 1.71. The topological polar surface area (TPSA) is 78.9 Å². The first-order valence-corrected chi connectivity index (χ1v) is 9.93. The van der Waals surface area contributed by atoms with Gasteiger partial charge in [-0.1, -0.05) is 19.1 Å². The lowest BCUT2D eigenvalue weighted by Crippen LogP contribution is -2.41. The molecule has 2 aromatic rings. The number of ether oxygens (including phenoxy) is 1. The molecule has 152 valence electrons. The first-order valence-electron chi connectivity index (χ1n) is 9.11. The summed E-state index contributed by atoms with van der Waals surface area (Å²) in [6, 6.07) is 7.64. The van der Waals surface area contributed by atoms with Crippen LogP contribution in [-0.2, 0) is 17.8 Å². The molecule has 9 heteroatoms. The monoisotopic (exact) mass is 515 g/mol. The molecular formula is C19H26IN5O2S. The van der Waals surface area contributed by atoms with Crippen molar-refractivity contribution in [3.63, 3.8) is 0 Å². The van der Waals surface area contributed by atoms with Crippen LogP contribution in [0.5, 0.6) is 5.75 Å². The SMILES string of the molecule is CCc1cnc(CNC(=NC)NCCCN2C(=O)COc3ccccc32)s1.I. The molecule has 1 amide bonds. The maximum absolute atomic E-state index is 12.2. The number of fused-ring (bicyclic) bond motifs is 1. The van der Waals surface area contributed by atoms with Crippen LogP contribution in [0.2, 0.25) is 0 Å². The fourth-order valence-corrected chi connectivity index (χ4v) is 3.62. The second-order valence-corrected chi connectivity index (χ2v) is 7.28. The number of hydrogen-bond donors (Lipinski definition) is 2. The maximum Gasteiger partial charge on any atom is 0.265 e. The Labute approximate surface area is 186 Å². The van der Waals surface area contributed by atoms with Crippen LogP contribution in [0.4, 0.5) is 5.69 Å². The Balaban J connectivity index is 0.00000280. The number of rotatable bonds is 7. The smallest absolute Gasteiger partial charge is 0.265 e. The Hall–Kier alpha value is -1.88. The Kier molecular flexibility index (Phi) is 8.97. The molecule has 0 bridgehead atoms. The molecular weight excluding hydrogens is 489 g/mol. The minimum Gasteiger partial charge on any atom is -0.482 e. The lowest BCUT2D eigenvalue weighted by molar-refractivity contribution is -0.121. The molecule has 2 heterocycles. The molecule has 2 N–H and O–H groups in total. The van der Waals surface area contributed by atoms with E-state index in [1.807, 2.05) is 30.5 Å². The van der Waals surface area contributed by atoms with E-state index in [1.54, 1.807) is 23.3 Å². The summed E-state index contributed by atoms with van der Waals surface area (Å²) in [4.78, 5) is 23.9. The molecule has 0 spiro atoms. The van der Waals surface area contributed by atoms with Crippen LogP contribution in [-0.4, -0.2) is 43.6 Å². The van der Waals surface area contributed by atoms with Gasteiger partial charge in [-0.25, -0.2) is 4.98 Å². The summed E-state index contributed by atoms with van der Waals surface area (Å²) in [7, 11) is 1.75. The normalized spacial score (nSPS) is 13.4. The highest BCUT2D eigenvalue weighted by Crippen LogP contribution is 2.31. The quantitative estimate of drug-likeness (QED) is 0.257. The minimum absolute atomic E-state index is 0. The van der Waals surface area contributed by atoms with E-state index in [0.29, 0.717) is 19.6 Å². The fourth-order valence-electron chi connectivity index (χ4n) is 2.82. The molecule has 28 heavy (non-hydrogen) atoms. The van der Waals surface area contributed by atoms with Crippen LogP contribution in [0.15, 0.2) is 35.5 Å². The summed E-state index contributed by atoms with van der Waals surface area (Å²) in [6.07, 6.45) is 3.74. The Morgan fingerprint density at radius 2 is 2.18 bits per heavy atom. The molecule has 0 saturated carbocycles. The van der Waals surface area contributed by atoms with Gasteiger partial charge in [0.05, 0.1) is 12.2 Å². The van der Waals surface area contributed by atoms with Crippen molar-refractivity contribution in [3.8, 4) is 5.75 Å². The van der Waals surface area contributed by atoms with E-state index in [2.05, 4.69) is 27.5 Å². The summed E-state index contributed by atoms with van der Waals surface area (Å²) in [5.74, 6) is 1.49. The van der Waals surface area contributed by atoms with Crippen LogP contribution < -0.4 is 20.3 Å². The summed E-state index contributed by atoms with van der Waals surface area (Å²) in [5, 5.41) is 7.60.